The third-order valence-electron chi connectivity index (χ3n) is 6.01. The van der Waals surface area contributed by atoms with E-state index in [-0.39, 0.29) is 0 Å². The van der Waals surface area contributed by atoms with Crippen molar-refractivity contribution >= 4 is 0 Å². The maximum atomic E-state index is 3.66. The number of hydrogen-bond acceptors (Lipinski definition) is 4. The summed E-state index contributed by atoms with van der Waals surface area (Å²) < 4.78 is 0. The fraction of sp³-hybridized carbons (Fsp3) is 1.00. The van der Waals surface area contributed by atoms with Crippen LogP contribution in [0.25, 0.3) is 0 Å². The van der Waals surface area contributed by atoms with Gasteiger partial charge in [-0.05, 0) is 51.9 Å². The maximum absolute atomic E-state index is 3.66. The lowest BCUT2D eigenvalue weighted by Crippen LogP contribution is -2.41. The Morgan fingerprint density at radius 1 is 0.367 bits per heavy atom. The zero-order valence-electron chi connectivity index (χ0n) is 21.5. The maximum Gasteiger partial charge on any atom is 0.0110 e. The number of unbranched alkanes of at least 4 members (excludes halogenated alkanes) is 8. The Bertz CT molecular complexity index is 281. The average molecular weight is 427 g/mol. The summed E-state index contributed by atoms with van der Waals surface area (Å²) in [6, 6.07) is 0. The van der Waals surface area contributed by atoms with E-state index in [0.29, 0.717) is 0 Å². The molecule has 0 bridgehead atoms. The fourth-order valence-corrected chi connectivity index (χ4v) is 3.85. The summed E-state index contributed by atoms with van der Waals surface area (Å²) in [5.41, 5.74) is 0. The second-order valence-corrected chi connectivity index (χ2v) is 9.01. The Hall–Kier alpha value is -0.160. The largest absolute Gasteiger partial charge is 0.315 e. The zero-order chi connectivity index (χ0) is 22.1. The van der Waals surface area contributed by atoms with Crippen LogP contribution in [-0.4, -0.2) is 75.2 Å². The number of nitrogens with zero attached hydrogens (tertiary/aromatic N) is 2. The van der Waals surface area contributed by atoms with E-state index in [1.165, 1.54) is 129 Å². The van der Waals surface area contributed by atoms with Crippen molar-refractivity contribution in [2.75, 3.05) is 65.4 Å². The van der Waals surface area contributed by atoms with Crippen LogP contribution in [0.4, 0.5) is 0 Å². The first-order valence-electron chi connectivity index (χ1n) is 13.6. The highest BCUT2D eigenvalue weighted by Crippen LogP contribution is 2.02. The van der Waals surface area contributed by atoms with Gasteiger partial charge in [0.25, 0.3) is 0 Å². The molecule has 0 rings (SSSR count). The smallest absolute Gasteiger partial charge is 0.0110 e. The van der Waals surface area contributed by atoms with Crippen molar-refractivity contribution in [3.8, 4) is 0 Å². The van der Waals surface area contributed by atoms with Gasteiger partial charge in [0.1, 0.15) is 0 Å². The molecule has 0 saturated heterocycles. The van der Waals surface area contributed by atoms with Crippen LogP contribution in [0.1, 0.15) is 105 Å². The van der Waals surface area contributed by atoms with Crippen LogP contribution in [0.2, 0.25) is 0 Å². The van der Waals surface area contributed by atoms with Gasteiger partial charge in [0.05, 0.1) is 0 Å². The quantitative estimate of drug-likeness (QED) is 0.188. The number of rotatable bonds is 25. The minimum atomic E-state index is 1.14. The highest BCUT2D eigenvalue weighted by Gasteiger charge is 2.09. The molecule has 0 aliphatic rings. The highest BCUT2D eigenvalue weighted by molar-refractivity contribution is 4.67. The molecule has 4 heteroatoms. The first kappa shape index (κ1) is 29.8. The van der Waals surface area contributed by atoms with E-state index in [1.807, 2.05) is 0 Å². The van der Waals surface area contributed by atoms with Crippen LogP contribution >= 0.6 is 0 Å². The van der Waals surface area contributed by atoms with Crippen molar-refractivity contribution in [3.05, 3.63) is 0 Å². The van der Waals surface area contributed by atoms with Gasteiger partial charge in [0.2, 0.25) is 0 Å². The molecule has 0 radical (unpaired) electrons. The predicted octanol–water partition coefficient (Wildman–Crippen LogP) is 5.53. The van der Waals surface area contributed by atoms with Gasteiger partial charge in [0.15, 0.2) is 0 Å². The van der Waals surface area contributed by atoms with Gasteiger partial charge in [0, 0.05) is 39.3 Å². The predicted molar refractivity (Wildman–Crippen MR) is 137 cm³/mol. The topological polar surface area (TPSA) is 30.5 Å². The Morgan fingerprint density at radius 2 is 0.733 bits per heavy atom. The van der Waals surface area contributed by atoms with Crippen LogP contribution < -0.4 is 10.6 Å². The summed E-state index contributed by atoms with van der Waals surface area (Å²) in [7, 11) is 0. The fourth-order valence-electron chi connectivity index (χ4n) is 3.85. The molecule has 0 saturated carbocycles. The Morgan fingerprint density at radius 3 is 1.10 bits per heavy atom. The van der Waals surface area contributed by atoms with E-state index in [2.05, 4.69) is 48.1 Å². The van der Waals surface area contributed by atoms with Gasteiger partial charge in [-0.3, -0.25) is 0 Å². The van der Waals surface area contributed by atoms with Crippen molar-refractivity contribution < 1.29 is 0 Å². The van der Waals surface area contributed by atoms with E-state index < -0.39 is 0 Å². The molecule has 0 amide bonds. The Labute approximate surface area is 190 Å². The van der Waals surface area contributed by atoms with Crippen molar-refractivity contribution in [2.45, 2.75) is 105 Å². The van der Waals surface area contributed by atoms with E-state index >= 15 is 0 Å². The average Bonchev–Trinajstić information content (AvgIpc) is 2.75. The van der Waals surface area contributed by atoms with E-state index in [1.54, 1.807) is 0 Å². The standard InChI is InChI=1S/C26H58N4/c1-5-9-13-17-27-19-23-29(21-15-11-7-3)25-26-30(22-16-12-8-4)24-20-28-18-14-10-6-2/h27-28H,5-26H2,1-4H3. The summed E-state index contributed by atoms with van der Waals surface area (Å²) in [5, 5.41) is 7.33. The van der Waals surface area contributed by atoms with Gasteiger partial charge >= 0.3 is 0 Å². The van der Waals surface area contributed by atoms with Crippen LogP contribution in [0.5, 0.6) is 0 Å². The second-order valence-electron chi connectivity index (χ2n) is 9.01. The van der Waals surface area contributed by atoms with Gasteiger partial charge < -0.3 is 20.4 Å². The van der Waals surface area contributed by atoms with Gasteiger partial charge in [-0.1, -0.05) is 79.1 Å². The lowest BCUT2D eigenvalue weighted by Gasteiger charge is -2.28. The molecule has 0 aromatic carbocycles. The molecule has 0 aromatic rings. The van der Waals surface area contributed by atoms with Gasteiger partial charge in [-0.2, -0.15) is 0 Å². The zero-order valence-corrected chi connectivity index (χ0v) is 21.5. The molecule has 0 unspecified atom stereocenters. The summed E-state index contributed by atoms with van der Waals surface area (Å²) in [6.07, 6.45) is 16.0. The molecule has 0 aromatic heterocycles. The molecule has 0 aliphatic carbocycles. The molecule has 4 nitrogen and oxygen atoms in total. The SMILES string of the molecule is CCCCCNCCN(CCCCC)CCN(CCCCC)CCNCCCCC. The number of nitrogens with one attached hydrogen (secondary N) is 2. The normalized spacial score (nSPS) is 11.8. The van der Waals surface area contributed by atoms with Crippen LogP contribution in [0.15, 0.2) is 0 Å². The van der Waals surface area contributed by atoms with Crippen LogP contribution in [-0.2, 0) is 0 Å². The molecule has 0 fully saturated rings. The van der Waals surface area contributed by atoms with E-state index in [4.69, 9.17) is 0 Å². The minimum absolute atomic E-state index is 1.14. The number of hydrogen-bond donors (Lipinski definition) is 2. The third-order valence-corrected chi connectivity index (χ3v) is 6.01. The third kappa shape index (κ3) is 21.1. The van der Waals surface area contributed by atoms with Crippen molar-refractivity contribution in [1.82, 2.24) is 20.4 Å². The molecule has 0 spiro atoms. The molecule has 2 N–H and O–H groups in total. The molecule has 30 heavy (non-hydrogen) atoms. The molecule has 182 valence electrons. The second kappa shape index (κ2) is 25.1. The van der Waals surface area contributed by atoms with Crippen LogP contribution in [0.3, 0.4) is 0 Å². The summed E-state index contributed by atoms with van der Waals surface area (Å²) in [5.74, 6) is 0. The Kier molecular flexibility index (Phi) is 25.0. The molecular formula is C26H58N4. The van der Waals surface area contributed by atoms with Crippen LogP contribution in [0, 0.1) is 0 Å². The summed E-state index contributed by atoms with van der Waals surface area (Å²) in [4.78, 5) is 5.42. The van der Waals surface area contributed by atoms with Crippen molar-refractivity contribution in [1.29, 1.82) is 0 Å². The molecule has 0 aliphatic heterocycles. The van der Waals surface area contributed by atoms with Gasteiger partial charge in [-0.25, -0.2) is 0 Å². The van der Waals surface area contributed by atoms with Gasteiger partial charge in [-0.15, -0.1) is 0 Å². The first-order chi connectivity index (χ1) is 14.8. The van der Waals surface area contributed by atoms with E-state index in [9.17, 15) is 0 Å². The van der Waals surface area contributed by atoms with Crippen molar-refractivity contribution in [3.63, 3.8) is 0 Å². The molecule has 0 atom stereocenters. The lowest BCUT2D eigenvalue weighted by molar-refractivity contribution is 0.198. The Balaban J connectivity index is 4.28. The monoisotopic (exact) mass is 426 g/mol. The van der Waals surface area contributed by atoms with Crippen molar-refractivity contribution in [2.24, 2.45) is 0 Å². The minimum Gasteiger partial charge on any atom is -0.315 e. The molecule has 0 heterocycles. The molecular weight excluding hydrogens is 368 g/mol. The van der Waals surface area contributed by atoms with E-state index in [0.717, 1.165) is 13.1 Å². The summed E-state index contributed by atoms with van der Waals surface area (Å²) >= 11 is 0. The summed E-state index contributed by atoms with van der Waals surface area (Å²) in [6.45, 7) is 21.2. The lowest BCUT2D eigenvalue weighted by atomic mass is 10.2. The first-order valence-corrected chi connectivity index (χ1v) is 13.6. The highest BCUT2D eigenvalue weighted by atomic mass is 15.2.